The Morgan fingerprint density at radius 2 is 0.861 bits per heavy atom. The first-order chi connectivity index (χ1) is 17.6. The van der Waals surface area contributed by atoms with Crippen molar-refractivity contribution in [2.45, 2.75) is 193 Å². The number of hydrogen-bond acceptors (Lipinski definition) is 3. The Bertz CT molecular complexity index is 477. The molecule has 4 heteroatoms. The van der Waals surface area contributed by atoms with Gasteiger partial charge in [-0.25, -0.2) is 0 Å². The molecule has 0 bridgehead atoms. The average Bonchev–Trinajstić information content (AvgIpc) is 2.85. The lowest BCUT2D eigenvalue weighted by Crippen LogP contribution is -2.21. The van der Waals surface area contributed by atoms with Crippen LogP contribution in [0.5, 0.6) is 0 Å². The van der Waals surface area contributed by atoms with Crippen molar-refractivity contribution in [2.75, 3.05) is 0 Å². The van der Waals surface area contributed by atoms with Gasteiger partial charge in [0.25, 0.3) is 0 Å². The Kier molecular flexibility index (Phi) is 27.7. The summed E-state index contributed by atoms with van der Waals surface area (Å²) in [6, 6.07) is 0. The van der Waals surface area contributed by atoms with Crippen LogP contribution in [0.2, 0.25) is 0 Å². The number of hydrogen-bond donors (Lipinski definition) is 1. The van der Waals surface area contributed by atoms with Crippen LogP contribution in [0.25, 0.3) is 0 Å². The number of unbranched alkanes of at least 4 members (excludes halogenated alkanes) is 22. The minimum atomic E-state index is -0.878. The lowest BCUT2D eigenvalue weighted by atomic mass is 10.0. The second-order valence-corrected chi connectivity index (χ2v) is 11.0. The summed E-state index contributed by atoms with van der Waals surface area (Å²) in [6.45, 7) is 4.51. The topological polar surface area (TPSA) is 63.6 Å². The molecule has 0 saturated heterocycles. The zero-order valence-corrected chi connectivity index (χ0v) is 24.3. The number of esters is 1. The Labute approximate surface area is 224 Å². The van der Waals surface area contributed by atoms with Crippen molar-refractivity contribution in [1.29, 1.82) is 0 Å². The fourth-order valence-corrected chi connectivity index (χ4v) is 4.97. The van der Waals surface area contributed by atoms with Crippen molar-refractivity contribution in [3.63, 3.8) is 0 Å². The summed E-state index contributed by atoms with van der Waals surface area (Å²) in [5.74, 6) is -1.09. The molecule has 4 nitrogen and oxygen atoms in total. The van der Waals surface area contributed by atoms with Crippen molar-refractivity contribution >= 4 is 11.9 Å². The predicted octanol–water partition coefficient (Wildman–Crippen LogP) is 10.6. The Morgan fingerprint density at radius 1 is 0.528 bits per heavy atom. The van der Waals surface area contributed by atoms with E-state index in [9.17, 15) is 14.7 Å². The highest BCUT2D eigenvalue weighted by molar-refractivity contribution is 5.71. The fourth-order valence-electron chi connectivity index (χ4n) is 4.97. The number of rotatable bonds is 29. The molecule has 0 aromatic carbocycles. The average molecular weight is 511 g/mol. The van der Waals surface area contributed by atoms with Crippen molar-refractivity contribution in [2.24, 2.45) is 0 Å². The number of aliphatic carboxylic acids is 1. The molecular formula is C32H62O4. The van der Waals surface area contributed by atoms with Gasteiger partial charge in [-0.15, -0.1) is 0 Å². The molecule has 0 amide bonds. The van der Waals surface area contributed by atoms with E-state index in [-0.39, 0.29) is 12.4 Å². The Balaban J connectivity index is 3.64. The van der Waals surface area contributed by atoms with Crippen LogP contribution in [0, 0.1) is 0 Å². The molecule has 0 aromatic rings. The van der Waals surface area contributed by atoms with E-state index < -0.39 is 12.1 Å². The number of carbonyl (C=O) groups is 2. The molecule has 36 heavy (non-hydrogen) atoms. The van der Waals surface area contributed by atoms with Gasteiger partial charge in [0, 0.05) is 6.42 Å². The molecule has 1 unspecified atom stereocenters. The molecule has 0 aliphatic heterocycles. The first kappa shape index (κ1) is 34.9. The highest BCUT2D eigenvalue weighted by Crippen LogP contribution is 2.17. The molecule has 0 aliphatic rings. The van der Waals surface area contributed by atoms with Gasteiger partial charge in [0.1, 0.15) is 6.10 Å². The van der Waals surface area contributed by atoms with Gasteiger partial charge in [0.2, 0.25) is 0 Å². The van der Waals surface area contributed by atoms with Crippen LogP contribution >= 0.6 is 0 Å². The second kappa shape index (κ2) is 28.5. The molecule has 1 atom stereocenters. The third kappa shape index (κ3) is 27.5. The normalized spacial score (nSPS) is 12.1. The molecule has 0 fully saturated rings. The molecule has 214 valence electrons. The van der Waals surface area contributed by atoms with Crippen molar-refractivity contribution in [1.82, 2.24) is 0 Å². The van der Waals surface area contributed by atoms with Crippen LogP contribution in [0.3, 0.4) is 0 Å². The molecule has 0 aromatic heterocycles. The van der Waals surface area contributed by atoms with Crippen LogP contribution < -0.4 is 0 Å². The van der Waals surface area contributed by atoms with Crippen LogP contribution in [0.1, 0.15) is 187 Å². The first-order valence-electron chi connectivity index (χ1n) is 16.0. The minimum absolute atomic E-state index is 0.0676. The van der Waals surface area contributed by atoms with Crippen LogP contribution in [0.15, 0.2) is 0 Å². The zero-order valence-electron chi connectivity index (χ0n) is 24.3. The number of carbonyl (C=O) groups excluding carboxylic acids is 1. The van der Waals surface area contributed by atoms with Gasteiger partial charge in [-0.2, -0.15) is 0 Å². The standard InChI is InChI=1S/C32H62O4/c1-3-5-7-9-11-13-15-16-17-18-20-22-24-26-28-32(35)36-30(29-31(33)34)27-25-23-21-19-14-12-10-8-6-4-2/h30H,3-29H2,1-2H3,(H,33,34). The van der Waals surface area contributed by atoms with E-state index in [4.69, 9.17) is 4.74 Å². The van der Waals surface area contributed by atoms with Gasteiger partial charge in [-0.05, 0) is 19.3 Å². The SMILES string of the molecule is CCCCCCCCCCCCCCCCC(=O)OC(CCCCCCCCCCCC)CC(=O)O. The van der Waals surface area contributed by atoms with E-state index in [1.807, 2.05) is 0 Å². The van der Waals surface area contributed by atoms with Crippen molar-refractivity contribution < 1.29 is 19.4 Å². The molecule has 0 aliphatic carbocycles. The summed E-state index contributed by atoms with van der Waals surface area (Å²) in [5, 5.41) is 9.18. The molecular weight excluding hydrogens is 448 g/mol. The van der Waals surface area contributed by atoms with E-state index >= 15 is 0 Å². The van der Waals surface area contributed by atoms with Gasteiger partial charge < -0.3 is 9.84 Å². The molecule has 0 saturated carbocycles. The van der Waals surface area contributed by atoms with E-state index in [1.54, 1.807) is 0 Å². The van der Waals surface area contributed by atoms with Gasteiger partial charge in [-0.3, -0.25) is 9.59 Å². The minimum Gasteiger partial charge on any atom is -0.481 e. The third-order valence-corrected chi connectivity index (χ3v) is 7.31. The predicted molar refractivity (Wildman–Crippen MR) is 154 cm³/mol. The summed E-state index contributed by atoms with van der Waals surface area (Å²) in [4.78, 5) is 23.4. The quantitative estimate of drug-likeness (QED) is 0.0802. The summed E-state index contributed by atoms with van der Waals surface area (Å²) in [6.07, 6.45) is 31.1. The lowest BCUT2D eigenvalue weighted by Gasteiger charge is -2.16. The fraction of sp³-hybridized carbons (Fsp3) is 0.938. The number of ether oxygens (including phenoxy) is 1. The molecule has 0 heterocycles. The summed E-state index contributed by atoms with van der Waals surface area (Å²) in [5.41, 5.74) is 0. The summed E-state index contributed by atoms with van der Waals surface area (Å²) in [7, 11) is 0. The van der Waals surface area contributed by atoms with Gasteiger partial charge in [0.05, 0.1) is 6.42 Å². The molecule has 0 rings (SSSR count). The van der Waals surface area contributed by atoms with Crippen molar-refractivity contribution in [3.8, 4) is 0 Å². The van der Waals surface area contributed by atoms with E-state index in [1.165, 1.54) is 128 Å². The van der Waals surface area contributed by atoms with Crippen molar-refractivity contribution in [3.05, 3.63) is 0 Å². The number of carboxylic acid groups (broad SMARTS) is 1. The van der Waals surface area contributed by atoms with E-state index in [0.717, 1.165) is 25.7 Å². The zero-order chi connectivity index (χ0) is 26.5. The largest absolute Gasteiger partial charge is 0.481 e. The maximum absolute atomic E-state index is 12.2. The lowest BCUT2D eigenvalue weighted by molar-refractivity contribution is -0.153. The molecule has 1 N–H and O–H groups in total. The highest BCUT2D eigenvalue weighted by Gasteiger charge is 2.17. The molecule has 0 spiro atoms. The Morgan fingerprint density at radius 3 is 1.22 bits per heavy atom. The smallest absolute Gasteiger partial charge is 0.307 e. The first-order valence-corrected chi connectivity index (χ1v) is 16.0. The van der Waals surface area contributed by atoms with Gasteiger partial charge in [0.15, 0.2) is 0 Å². The van der Waals surface area contributed by atoms with Crippen LogP contribution in [0.4, 0.5) is 0 Å². The summed E-state index contributed by atoms with van der Waals surface area (Å²) < 4.78 is 5.54. The van der Waals surface area contributed by atoms with Crippen LogP contribution in [-0.2, 0) is 14.3 Å². The second-order valence-electron chi connectivity index (χ2n) is 11.0. The van der Waals surface area contributed by atoms with Gasteiger partial charge >= 0.3 is 11.9 Å². The van der Waals surface area contributed by atoms with E-state index in [2.05, 4.69) is 13.8 Å². The van der Waals surface area contributed by atoms with E-state index in [0.29, 0.717) is 12.8 Å². The maximum Gasteiger partial charge on any atom is 0.307 e. The number of carboxylic acids is 1. The monoisotopic (exact) mass is 510 g/mol. The molecule has 0 radical (unpaired) electrons. The Hall–Kier alpha value is -1.06. The highest BCUT2D eigenvalue weighted by atomic mass is 16.5. The maximum atomic E-state index is 12.2. The van der Waals surface area contributed by atoms with Crippen LogP contribution in [-0.4, -0.2) is 23.1 Å². The third-order valence-electron chi connectivity index (χ3n) is 7.31. The van der Waals surface area contributed by atoms with Gasteiger partial charge in [-0.1, -0.05) is 155 Å². The summed E-state index contributed by atoms with van der Waals surface area (Å²) >= 11 is 0.